The molecular formula is C13H20N4O3. The zero-order chi connectivity index (χ0) is 14.5. The van der Waals surface area contributed by atoms with Gasteiger partial charge in [-0.1, -0.05) is 6.92 Å². The Kier molecular flexibility index (Phi) is 4.73. The first-order valence-corrected chi connectivity index (χ1v) is 6.84. The summed E-state index contributed by atoms with van der Waals surface area (Å²) in [5, 5.41) is 2.75. The summed E-state index contributed by atoms with van der Waals surface area (Å²) in [6, 6.07) is 1.41. The average molecular weight is 280 g/mol. The highest BCUT2D eigenvalue weighted by atomic mass is 16.5. The molecule has 1 aromatic heterocycles. The summed E-state index contributed by atoms with van der Waals surface area (Å²) in [5.74, 6) is -0.193. The lowest BCUT2D eigenvalue weighted by Gasteiger charge is -2.12. The minimum Gasteiger partial charge on any atom is -0.376 e. The van der Waals surface area contributed by atoms with Crippen LogP contribution in [0.25, 0.3) is 0 Å². The lowest BCUT2D eigenvalue weighted by atomic mass is 10.2. The number of nitrogens with zero attached hydrogens (tertiary/aromatic N) is 2. The SMILES string of the molecule is CCc1cc(=O)n(CC(=O)NC[C@@H]2CCCO2)c(N)n1. The molecule has 1 aromatic rings. The molecule has 20 heavy (non-hydrogen) atoms. The summed E-state index contributed by atoms with van der Waals surface area (Å²) in [6.45, 7) is 2.98. The monoisotopic (exact) mass is 280 g/mol. The maximum absolute atomic E-state index is 11.9. The summed E-state index contributed by atoms with van der Waals surface area (Å²) < 4.78 is 6.58. The molecule has 0 aliphatic carbocycles. The highest BCUT2D eigenvalue weighted by Gasteiger charge is 2.17. The van der Waals surface area contributed by atoms with E-state index in [1.54, 1.807) is 0 Å². The average Bonchev–Trinajstić information content (AvgIpc) is 2.93. The van der Waals surface area contributed by atoms with Crippen LogP contribution in [0, 0.1) is 0 Å². The zero-order valence-corrected chi connectivity index (χ0v) is 11.6. The Labute approximate surface area is 117 Å². The minimum atomic E-state index is -0.304. The van der Waals surface area contributed by atoms with Gasteiger partial charge in [-0.25, -0.2) is 4.98 Å². The van der Waals surface area contributed by atoms with Gasteiger partial charge in [0.2, 0.25) is 11.9 Å². The summed E-state index contributed by atoms with van der Waals surface area (Å²) >= 11 is 0. The molecule has 1 aliphatic heterocycles. The van der Waals surface area contributed by atoms with Gasteiger partial charge in [-0.05, 0) is 19.3 Å². The number of amides is 1. The summed E-state index contributed by atoms with van der Waals surface area (Å²) in [7, 11) is 0. The van der Waals surface area contributed by atoms with E-state index >= 15 is 0 Å². The fraction of sp³-hybridized carbons (Fsp3) is 0.615. The van der Waals surface area contributed by atoms with E-state index in [1.165, 1.54) is 10.6 Å². The van der Waals surface area contributed by atoms with Crippen molar-refractivity contribution in [3.63, 3.8) is 0 Å². The molecule has 0 radical (unpaired) electrons. The fourth-order valence-corrected chi connectivity index (χ4v) is 2.15. The van der Waals surface area contributed by atoms with Crippen molar-refractivity contribution < 1.29 is 9.53 Å². The summed E-state index contributed by atoms with van der Waals surface area (Å²) in [6.07, 6.45) is 2.68. The van der Waals surface area contributed by atoms with Gasteiger partial charge in [0, 0.05) is 24.9 Å². The van der Waals surface area contributed by atoms with Crippen LogP contribution in [0.3, 0.4) is 0 Å². The first-order chi connectivity index (χ1) is 9.60. The van der Waals surface area contributed by atoms with Gasteiger partial charge in [-0.15, -0.1) is 0 Å². The molecule has 1 amide bonds. The van der Waals surface area contributed by atoms with Crippen molar-refractivity contribution in [2.45, 2.75) is 38.8 Å². The number of ether oxygens (including phenoxy) is 1. The van der Waals surface area contributed by atoms with Gasteiger partial charge in [0.1, 0.15) is 6.54 Å². The van der Waals surface area contributed by atoms with Crippen LogP contribution in [0.4, 0.5) is 5.95 Å². The van der Waals surface area contributed by atoms with E-state index in [0.29, 0.717) is 18.7 Å². The predicted molar refractivity (Wildman–Crippen MR) is 74.3 cm³/mol. The highest BCUT2D eigenvalue weighted by molar-refractivity contribution is 5.76. The summed E-state index contributed by atoms with van der Waals surface area (Å²) in [4.78, 5) is 27.8. The Hall–Kier alpha value is -1.89. The van der Waals surface area contributed by atoms with Gasteiger partial charge < -0.3 is 15.8 Å². The smallest absolute Gasteiger partial charge is 0.255 e. The van der Waals surface area contributed by atoms with Gasteiger partial charge in [-0.2, -0.15) is 0 Å². The lowest BCUT2D eigenvalue weighted by molar-refractivity contribution is -0.122. The van der Waals surface area contributed by atoms with Gasteiger partial charge >= 0.3 is 0 Å². The standard InChI is InChI=1S/C13H20N4O3/c1-2-9-6-12(19)17(13(14)16-9)8-11(18)15-7-10-4-3-5-20-10/h6,10H,2-5,7-8H2,1H3,(H2,14,16)(H,15,18)/t10-/m0/s1. The van der Waals surface area contributed by atoms with Gasteiger partial charge in [0.15, 0.2) is 0 Å². The second-order valence-corrected chi connectivity index (χ2v) is 4.82. The number of anilines is 1. The number of hydrogen-bond acceptors (Lipinski definition) is 5. The molecule has 0 saturated carbocycles. The van der Waals surface area contributed by atoms with Crippen LogP contribution >= 0.6 is 0 Å². The van der Waals surface area contributed by atoms with Crippen molar-refractivity contribution in [1.82, 2.24) is 14.9 Å². The van der Waals surface area contributed by atoms with E-state index in [1.807, 2.05) is 6.92 Å². The minimum absolute atomic E-state index is 0.0709. The number of nitrogen functional groups attached to an aromatic ring is 1. The van der Waals surface area contributed by atoms with E-state index in [9.17, 15) is 9.59 Å². The second kappa shape index (κ2) is 6.51. The van der Waals surface area contributed by atoms with Crippen LogP contribution in [0.1, 0.15) is 25.5 Å². The molecular weight excluding hydrogens is 260 g/mol. The topological polar surface area (TPSA) is 99.2 Å². The van der Waals surface area contributed by atoms with Gasteiger partial charge in [-0.3, -0.25) is 14.2 Å². The van der Waals surface area contributed by atoms with E-state index in [4.69, 9.17) is 10.5 Å². The van der Waals surface area contributed by atoms with Crippen molar-refractivity contribution in [2.24, 2.45) is 0 Å². The van der Waals surface area contributed by atoms with Gasteiger partial charge in [0.05, 0.1) is 6.10 Å². The number of carbonyl (C=O) groups is 1. The maximum Gasteiger partial charge on any atom is 0.255 e. The van der Waals surface area contributed by atoms with Crippen LogP contribution in [0.2, 0.25) is 0 Å². The van der Waals surface area contributed by atoms with E-state index in [2.05, 4.69) is 10.3 Å². The van der Waals surface area contributed by atoms with Crippen molar-refractivity contribution in [1.29, 1.82) is 0 Å². The van der Waals surface area contributed by atoms with Crippen LogP contribution in [-0.4, -0.2) is 34.7 Å². The molecule has 0 unspecified atom stereocenters. The number of nitrogens with two attached hydrogens (primary N) is 1. The van der Waals surface area contributed by atoms with E-state index in [0.717, 1.165) is 19.4 Å². The lowest BCUT2D eigenvalue weighted by Crippen LogP contribution is -2.37. The Morgan fingerprint density at radius 1 is 1.65 bits per heavy atom. The molecule has 7 heteroatoms. The van der Waals surface area contributed by atoms with Crippen LogP contribution < -0.4 is 16.6 Å². The summed E-state index contributed by atoms with van der Waals surface area (Å²) in [5.41, 5.74) is 6.04. The molecule has 0 aromatic carbocycles. The third kappa shape index (κ3) is 3.57. The highest BCUT2D eigenvalue weighted by Crippen LogP contribution is 2.10. The molecule has 7 nitrogen and oxygen atoms in total. The van der Waals surface area contributed by atoms with Crippen LogP contribution in [0.15, 0.2) is 10.9 Å². The normalized spacial score (nSPS) is 18.1. The molecule has 2 heterocycles. The number of rotatable bonds is 5. The number of hydrogen-bond donors (Lipinski definition) is 2. The molecule has 3 N–H and O–H groups in total. The van der Waals surface area contributed by atoms with Crippen molar-refractivity contribution in [3.05, 3.63) is 22.1 Å². The third-order valence-electron chi connectivity index (χ3n) is 3.31. The molecule has 1 aliphatic rings. The number of nitrogens with one attached hydrogen (secondary N) is 1. The molecule has 1 fully saturated rings. The second-order valence-electron chi connectivity index (χ2n) is 4.82. The number of aromatic nitrogens is 2. The van der Waals surface area contributed by atoms with Gasteiger partial charge in [0.25, 0.3) is 5.56 Å². The van der Waals surface area contributed by atoms with E-state index in [-0.39, 0.29) is 30.1 Å². The molecule has 1 saturated heterocycles. The Morgan fingerprint density at radius 2 is 2.45 bits per heavy atom. The molecule has 0 bridgehead atoms. The zero-order valence-electron chi connectivity index (χ0n) is 11.6. The Balaban J connectivity index is 1.95. The largest absolute Gasteiger partial charge is 0.376 e. The Morgan fingerprint density at radius 3 is 3.05 bits per heavy atom. The van der Waals surface area contributed by atoms with Crippen LogP contribution in [0.5, 0.6) is 0 Å². The molecule has 1 atom stereocenters. The van der Waals surface area contributed by atoms with E-state index < -0.39 is 0 Å². The number of carbonyl (C=O) groups excluding carboxylic acids is 1. The maximum atomic E-state index is 11.9. The van der Waals surface area contributed by atoms with Crippen molar-refractivity contribution in [3.8, 4) is 0 Å². The molecule has 2 rings (SSSR count). The van der Waals surface area contributed by atoms with Crippen molar-refractivity contribution >= 4 is 11.9 Å². The third-order valence-corrected chi connectivity index (χ3v) is 3.31. The predicted octanol–water partition coefficient (Wildman–Crippen LogP) is -0.317. The quantitative estimate of drug-likeness (QED) is 0.770. The van der Waals surface area contributed by atoms with Crippen LogP contribution in [-0.2, 0) is 22.5 Å². The number of aryl methyl sites for hydroxylation is 1. The van der Waals surface area contributed by atoms with Crippen molar-refractivity contribution in [2.75, 3.05) is 18.9 Å². The molecule has 110 valence electrons. The first-order valence-electron chi connectivity index (χ1n) is 6.84. The Bertz CT molecular complexity index is 535. The first kappa shape index (κ1) is 14.5. The fourth-order valence-electron chi connectivity index (χ4n) is 2.15. The molecule has 0 spiro atoms.